The fourth-order valence-corrected chi connectivity index (χ4v) is 7.44. The van der Waals surface area contributed by atoms with Gasteiger partial charge in [-0.05, 0) is 24.6 Å². The Morgan fingerprint density at radius 2 is 1.68 bits per heavy atom. The molecule has 3 aliphatic heterocycles. The standard InChI is InChI=1S/C29H25N3O5/c1-28-29(36-4,27(34)35-3)13-20(37-28)31-18-11-7-5-9-15(18)22-23-17(14-30(2)26(23)33)21-16-10-6-8-12-19(16)32(28)25(21)24(22)31/h5-12,20H,13-14H2,1-4H3/t20-,28+,29-/m1/s1. The second kappa shape index (κ2) is 6.51. The van der Waals surface area contributed by atoms with Crippen LogP contribution in [0.25, 0.3) is 43.6 Å². The van der Waals surface area contributed by atoms with Crippen LogP contribution in [0.15, 0.2) is 48.5 Å². The lowest BCUT2D eigenvalue weighted by atomic mass is 9.88. The van der Waals surface area contributed by atoms with Gasteiger partial charge in [-0.15, -0.1) is 0 Å². The van der Waals surface area contributed by atoms with Crippen molar-refractivity contribution in [2.45, 2.75) is 37.4 Å². The van der Waals surface area contributed by atoms with Crippen LogP contribution in [0.4, 0.5) is 0 Å². The Hall–Kier alpha value is -3.88. The highest BCUT2D eigenvalue weighted by Crippen LogP contribution is 2.59. The Balaban J connectivity index is 1.72. The molecule has 0 spiro atoms. The van der Waals surface area contributed by atoms with Crippen LogP contribution in [0.5, 0.6) is 0 Å². The molecule has 1 saturated heterocycles. The van der Waals surface area contributed by atoms with Crippen molar-refractivity contribution in [3.63, 3.8) is 0 Å². The van der Waals surface area contributed by atoms with E-state index >= 15 is 0 Å². The van der Waals surface area contributed by atoms with E-state index in [0.29, 0.717) is 6.54 Å². The van der Waals surface area contributed by atoms with E-state index in [4.69, 9.17) is 14.2 Å². The van der Waals surface area contributed by atoms with Crippen molar-refractivity contribution in [2.24, 2.45) is 0 Å². The molecule has 1 fully saturated rings. The summed E-state index contributed by atoms with van der Waals surface area (Å²) in [6.07, 6.45) is -0.251. The molecule has 0 radical (unpaired) electrons. The SMILES string of the molecule is COC(=O)[C@]1(OC)C[C@H]2O[C@]1(C)n1c3ccccc3c3c4c(c5c6ccccc6n2c5c31)C(=O)N(C)C4. The van der Waals surface area contributed by atoms with Crippen molar-refractivity contribution < 1.29 is 23.8 Å². The summed E-state index contributed by atoms with van der Waals surface area (Å²) >= 11 is 0. The highest BCUT2D eigenvalue weighted by molar-refractivity contribution is 6.31. The number of benzene rings is 3. The maximum atomic E-state index is 13.7. The van der Waals surface area contributed by atoms with Crippen LogP contribution in [0, 0.1) is 0 Å². The molecule has 2 bridgehead atoms. The fourth-order valence-electron chi connectivity index (χ4n) is 7.44. The fraction of sp³-hybridized carbons (Fsp3) is 0.310. The number of fused-ring (bicyclic) bond motifs is 13. The molecule has 0 N–H and O–H groups in total. The zero-order valence-electron chi connectivity index (χ0n) is 21.0. The molecule has 5 aromatic rings. The first-order chi connectivity index (χ1) is 17.9. The zero-order valence-corrected chi connectivity index (χ0v) is 21.0. The molecule has 8 nitrogen and oxygen atoms in total. The minimum Gasteiger partial charge on any atom is -0.467 e. The number of aromatic nitrogens is 2. The van der Waals surface area contributed by atoms with Gasteiger partial charge in [0.05, 0.1) is 34.7 Å². The van der Waals surface area contributed by atoms with E-state index in [-0.39, 0.29) is 12.3 Å². The lowest BCUT2D eigenvalue weighted by Crippen LogP contribution is -2.57. The third kappa shape index (κ3) is 2.09. The normalized spacial score (nSPS) is 26.2. The van der Waals surface area contributed by atoms with E-state index in [1.807, 2.05) is 44.3 Å². The van der Waals surface area contributed by atoms with E-state index in [9.17, 15) is 9.59 Å². The number of rotatable bonds is 2. The number of ether oxygens (including phenoxy) is 3. The highest BCUT2D eigenvalue weighted by Gasteiger charge is 2.67. The first-order valence-electron chi connectivity index (χ1n) is 12.5. The quantitative estimate of drug-likeness (QED) is 0.333. The van der Waals surface area contributed by atoms with E-state index in [1.165, 1.54) is 7.11 Å². The molecule has 8 rings (SSSR count). The molecule has 3 atom stereocenters. The van der Waals surface area contributed by atoms with E-state index in [2.05, 4.69) is 27.3 Å². The Kier molecular flexibility index (Phi) is 3.74. The summed E-state index contributed by atoms with van der Waals surface area (Å²) < 4.78 is 22.7. The number of carbonyl (C=O) groups excluding carboxylic acids is 2. The molecular formula is C29H25N3O5. The van der Waals surface area contributed by atoms with Gasteiger partial charge in [0.15, 0.2) is 5.72 Å². The van der Waals surface area contributed by atoms with Crippen molar-refractivity contribution in [1.29, 1.82) is 0 Å². The number of carbonyl (C=O) groups is 2. The Bertz CT molecular complexity index is 1880. The zero-order chi connectivity index (χ0) is 25.4. The number of nitrogens with zero attached hydrogens (tertiary/aromatic N) is 3. The summed E-state index contributed by atoms with van der Waals surface area (Å²) in [5.41, 5.74) is 2.95. The lowest BCUT2D eigenvalue weighted by Gasteiger charge is -2.40. The second-order valence-electron chi connectivity index (χ2n) is 10.5. The van der Waals surface area contributed by atoms with Gasteiger partial charge in [0.1, 0.15) is 6.23 Å². The van der Waals surface area contributed by atoms with Crippen LogP contribution in [0.3, 0.4) is 0 Å². The number of para-hydroxylation sites is 2. The van der Waals surface area contributed by atoms with Gasteiger partial charge in [-0.1, -0.05) is 36.4 Å². The van der Waals surface area contributed by atoms with Crippen LogP contribution in [-0.4, -0.2) is 52.8 Å². The Morgan fingerprint density at radius 1 is 1.00 bits per heavy atom. The maximum Gasteiger partial charge on any atom is 0.343 e. The van der Waals surface area contributed by atoms with Gasteiger partial charge in [0.25, 0.3) is 5.91 Å². The van der Waals surface area contributed by atoms with Crippen LogP contribution in [0.2, 0.25) is 0 Å². The van der Waals surface area contributed by atoms with Crippen molar-refractivity contribution in [2.75, 3.05) is 21.3 Å². The smallest absolute Gasteiger partial charge is 0.343 e. The average Bonchev–Trinajstić information content (AvgIpc) is 3.58. The maximum absolute atomic E-state index is 13.7. The van der Waals surface area contributed by atoms with Crippen molar-refractivity contribution in [1.82, 2.24) is 14.0 Å². The van der Waals surface area contributed by atoms with Gasteiger partial charge in [0, 0.05) is 48.7 Å². The summed E-state index contributed by atoms with van der Waals surface area (Å²) in [6.45, 7) is 2.44. The average molecular weight is 496 g/mol. The van der Waals surface area contributed by atoms with Gasteiger partial charge in [-0.25, -0.2) is 4.79 Å². The monoisotopic (exact) mass is 495 g/mol. The molecule has 37 heavy (non-hydrogen) atoms. The third-order valence-corrected chi connectivity index (χ3v) is 8.97. The summed E-state index contributed by atoms with van der Waals surface area (Å²) in [7, 11) is 4.79. The van der Waals surface area contributed by atoms with Gasteiger partial charge in [-0.2, -0.15) is 0 Å². The molecule has 2 aromatic heterocycles. The van der Waals surface area contributed by atoms with Gasteiger partial charge in [-0.3, -0.25) is 4.79 Å². The minimum atomic E-state index is -1.39. The van der Waals surface area contributed by atoms with Gasteiger partial charge < -0.3 is 28.2 Å². The van der Waals surface area contributed by atoms with E-state index < -0.39 is 23.5 Å². The number of hydrogen-bond acceptors (Lipinski definition) is 5. The summed E-state index contributed by atoms with van der Waals surface area (Å²) in [4.78, 5) is 29.0. The molecule has 186 valence electrons. The van der Waals surface area contributed by atoms with Crippen LogP contribution in [-0.2, 0) is 31.3 Å². The molecule has 0 unspecified atom stereocenters. The first-order valence-corrected chi connectivity index (χ1v) is 12.5. The van der Waals surface area contributed by atoms with E-state index in [0.717, 1.165) is 54.7 Å². The second-order valence-corrected chi connectivity index (χ2v) is 10.5. The van der Waals surface area contributed by atoms with E-state index in [1.54, 1.807) is 12.0 Å². The molecule has 5 heterocycles. The highest BCUT2D eigenvalue weighted by atomic mass is 16.6. The molecule has 0 aliphatic carbocycles. The predicted molar refractivity (Wildman–Crippen MR) is 138 cm³/mol. The van der Waals surface area contributed by atoms with Crippen molar-refractivity contribution in [3.05, 3.63) is 59.7 Å². The van der Waals surface area contributed by atoms with Crippen molar-refractivity contribution >= 4 is 55.5 Å². The summed E-state index contributed by atoms with van der Waals surface area (Å²) in [6, 6.07) is 16.2. The number of methoxy groups -OCH3 is 2. The van der Waals surface area contributed by atoms with Crippen LogP contribution < -0.4 is 0 Å². The molecule has 0 saturated carbocycles. The molecular weight excluding hydrogens is 470 g/mol. The molecule has 8 heteroatoms. The molecule has 1 amide bonds. The Morgan fingerprint density at radius 3 is 2.38 bits per heavy atom. The minimum absolute atomic E-state index is 0.0268. The third-order valence-electron chi connectivity index (χ3n) is 8.97. The summed E-state index contributed by atoms with van der Waals surface area (Å²) in [5.74, 6) is -0.447. The van der Waals surface area contributed by atoms with Crippen LogP contribution >= 0.6 is 0 Å². The number of amides is 1. The number of esters is 1. The predicted octanol–water partition coefficient (Wildman–Crippen LogP) is 4.65. The summed E-state index contributed by atoms with van der Waals surface area (Å²) in [5, 5.41) is 3.97. The van der Waals surface area contributed by atoms with Gasteiger partial charge >= 0.3 is 5.97 Å². The van der Waals surface area contributed by atoms with Gasteiger partial charge in [0.2, 0.25) is 5.60 Å². The molecule has 3 aromatic carbocycles. The molecule has 3 aliphatic rings. The lowest BCUT2D eigenvalue weighted by molar-refractivity contribution is -0.210. The topological polar surface area (TPSA) is 74.9 Å². The number of hydrogen-bond donors (Lipinski definition) is 0. The first kappa shape index (κ1) is 21.2. The van der Waals surface area contributed by atoms with Crippen molar-refractivity contribution in [3.8, 4) is 0 Å². The Labute approximate surface area is 211 Å². The largest absolute Gasteiger partial charge is 0.467 e. The van der Waals surface area contributed by atoms with Crippen LogP contribution in [0.1, 0.15) is 35.5 Å².